The highest BCUT2D eigenvalue weighted by Gasteiger charge is 2.28. The number of hydrogen-bond acceptors (Lipinski definition) is 2. The highest BCUT2D eigenvalue weighted by molar-refractivity contribution is 6.42. The van der Waals surface area contributed by atoms with Crippen LogP contribution in [0.5, 0.6) is 0 Å². The van der Waals surface area contributed by atoms with Gasteiger partial charge in [0.1, 0.15) is 6.04 Å². The molecule has 2 rings (SSSR count). The summed E-state index contributed by atoms with van der Waals surface area (Å²) in [7, 11) is 0. The molecule has 1 atom stereocenters. The van der Waals surface area contributed by atoms with Gasteiger partial charge < -0.3 is 10.2 Å². The molecule has 1 N–H and O–H groups in total. The summed E-state index contributed by atoms with van der Waals surface area (Å²) >= 11 is 12.1. The Kier molecular flexibility index (Phi) is 8.34. The van der Waals surface area contributed by atoms with E-state index in [0.717, 1.165) is 16.7 Å². The number of amides is 2. The average molecular weight is 421 g/mol. The third-order valence-electron chi connectivity index (χ3n) is 4.68. The number of carbonyl (C=O) groups is 2. The third-order valence-corrected chi connectivity index (χ3v) is 5.42. The van der Waals surface area contributed by atoms with E-state index in [0.29, 0.717) is 23.0 Å². The lowest BCUT2D eigenvalue weighted by Gasteiger charge is -2.31. The molecule has 6 heteroatoms. The van der Waals surface area contributed by atoms with Gasteiger partial charge in [-0.2, -0.15) is 0 Å². The largest absolute Gasteiger partial charge is 0.355 e. The Morgan fingerprint density at radius 1 is 1.07 bits per heavy atom. The number of halogens is 2. The molecule has 150 valence electrons. The van der Waals surface area contributed by atoms with Crippen molar-refractivity contribution < 1.29 is 9.59 Å². The monoisotopic (exact) mass is 420 g/mol. The molecule has 0 heterocycles. The van der Waals surface area contributed by atoms with Crippen LogP contribution in [0.1, 0.15) is 37.0 Å². The first-order chi connectivity index (χ1) is 13.4. The van der Waals surface area contributed by atoms with Crippen molar-refractivity contribution in [2.24, 2.45) is 0 Å². The summed E-state index contributed by atoms with van der Waals surface area (Å²) in [6.45, 7) is 6.55. The molecule has 28 heavy (non-hydrogen) atoms. The fourth-order valence-electron chi connectivity index (χ4n) is 3.12. The van der Waals surface area contributed by atoms with Crippen LogP contribution in [0.3, 0.4) is 0 Å². The van der Waals surface area contributed by atoms with Gasteiger partial charge in [-0.05, 0) is 49.1 Å². The summed E-state index contributed by atoms with van der Waals surface area (Å²) < 4.78 is 0. The summed E-state index contributed by atoms with van der Waals surface area (Å²) in [5, 5.41) is 3.72. The van der Waals surface area contributed by atoms with Crippen molar-refractivity contribution in [3.05, 3.63) is 69.2 Å². The topological polar surface area (TPSA) is 49.4 Å². The Labute approximate surface area is 176 Å². The number of aryl methyl sites for hydroxylation is 1. The van der Waals surface area contributed by atoms with Gasteiger partial charge in [-0.3, -0.25) is 9.59 Å². The molecule has 0 fully saturated rings. The van der Waals surface area contributed by atoms with E-state index in [2.05, 4.69) is 5.32 Å². The first-order valence-corrected chi connectivity index (χ1v) is 10.2. The predicted molar refractivity (Wildman–Crippen MR) is 115 cm³/mol. The quantitative estimate of drug-likeness (QED) is 0.667. The van der Waals surface area contributed by atoms with E-state index >= 15 is 0 Å². The van der Waals surface area contributed by atoms with E-state index in [1.54, 1.807) is 17.0 Å². The fourth-order valence-corrected chi connectivity index (χ4v) is 3.44. The number of rotatable bonds is 8. The summed E-state index contributed by atoms with van der Waals surface area (Å²) in [6.07, 6.45) is 0.760. The minimum Gasteiger partial charge on any atom is -0.355 e. The molecule has 2 aromatic carbocycles. The second-order valence-corrected chi connectivity index (χ2v) is 7.51. The van der Waals surface area contributed by atoms with Crippen LogP contribution in [0.4, 0.5) is 0 Å². The molecule has 2 amide bonds. The maximum absolute atomic E-state index is 13.2. The van der Waals surface area contributed by atoms with Crippen LogP contribution in [0.15, 0.2) is 42.5 Å². The maximum Gasteiger partial charge on any atom is 0.242 e. The number of hydrogen-bond donors (Lipinski definition) is 1. The number of benzene rings is 2. The Hall–Kier alpha value is -2.04. The van der Waals surface area contributed by atoms with Gasteiger partial charge in [0.25, 0.3) is 0 Å². The van der Waals surface area contributed by atoms with Crippen molar-refractivity contribution in [3.63, 3.8) is 0 Å². The number of likely N-dealkylation sites (N-methyl/N-ethyl adjacent to an activating group) is 1. The normalized spacial score (nSPS) is 11.8. The van der Waals surface area contributed by atoms with Gasteiger partial charge in [-0.15, -0.1) is 0 Å². The molecule has 0 radical (unpaired) electrons. The van der Waals surface area contributed by atoms with E-state index in [9.17, 15) is 9.59 Å². The van der Waals surface area contributed by atoms with Gasteiger partial charge in [0.2, 0.25) is 11.8 Å². The van der Waals surface area contributed by atoms with Crippen LogP contribution >= 0.6 is 23.2 Å². The Morgan fingerprint density at radius 2 is 1.79 bits per heavy atom. The smallest absolute Gasteiger partial charge is 0.242 e. The van der Waals surface area contributed by atoms with Gasteiger partial charge in [0.05, 0.1) is 16.5 Å². The van der Waals surface area contributed by atoms with Gasteiger partial charge in [-0.1, -0.05) is 60.5 Å². The SMILES string of the molecule is CCNC(=O)C(CC)N(Cc1ccc(Cl)c(Cl)c1)C(=O)Cc1ccccc1C. The molecule has 0 aromatic heterocycles. The van der Waals surface area contributed by atoms with Crippen molar-refractivity contribution in [1.82, 2.24) is 10.2 Å². The zero-order valence-corrected chi connectivity index (χ0v) is 18.0. The molecule has 0 saturated carbocycles. The summed E-state index contributed by atoms with van der Waals surface area (Å²) in [4.78, 5) is 27.5. The van der Waals surface area contributed by atoms with E-state index in [1.165, 1.54) is 0 Å². The fraction of sp³-hybridized carbons (Fsp3) is 0.364. The van der Waals surface area contributed by atoms with E-state index < -0.39 is 6.04 Å². The van der Waals surface area contributed by atoms with Gasteiger partial charge in [0.15, 0.2) is 0 Å². The molecular formula is C22H26Cl2N2O2. The van der Waals surface area contributed by atoms with Gasteiger partial charge in [-0.25, -0.2) is 0 Å². The molecule has 1 unspecified atom stereocenters. The molecule has 2 aromatic rings. The zero-order valence-electron chi connectivity index (χ0n) is 16.5. The van der Waals surface area contributed by atoms with Crippen LogP contribution in [0.25, 0.3) is 0 Å². The predicted octanol–water partition coefficient (Wildman–Crippen LogP) is 4.79. The minimum atomic E-state index is -0.550. The van der Waals surface area contributed by atoms with Gasteiger partial charge in [0, 0.05) is 13.1 Å². The number of carbonyl (C=O) groups excluding carboxylic acids is 2. The summed E-state index contributed by atoms with van der Waals surface area (Å²) in [5.41, 5.74) is 2.84. The second-order valence-electron chi connectivity index (χ2n) is 6.69. The Morgan fingerprint density at radius 3 is 2.39 bits per heavy atom. The average Bonchev–Trinajstić information content (AvgIpc) is 2.66. The van der Waals surface area contributed by atoms with Crippen LogP contribution < -0.4 is 5.32 Å². The highest BCUT2D eigenvalue weighted by Crippen LogP contribution is 2.24. The van der Waals surface area contributed by atoms with E-state index in [4.69, 9.17) is 23.2 Å². The first-order valence-electron chi connectivity index (χ1n) is 9.42. The molecule has 0 aliphatic rings. The Bertz CT molecular complexity index is 839. The Balaban J connectivity index is 2.33. The standard InChI is InChI=1S/C22H26Cl2N2O2/c1-4-20(22(28)25-5-2)26(14-16-10-11-18(23)19(24)12-16)21(27)13-17-9-7-6-8-15(17)3/h6-12,20H,4-5,13-14H2,1-3H3,(H,25,28). The molecule has 4 nitrogen and oxygen atoms in total. The molecule has 0 aliphatic heterocycles. The first kappa shape index (κ1) is 22.3. The summed E-state index contributed by atoms with van der Waals surface area (Å²) in [5.74, 6) is -0.248. The lowest BCUT2D eigenvalue weighted by atomic mass is 10.0. The zero-order chi connectivity index (χ0) is 20.7. The van der Waals surface area contributed by atoms with Gasteiger partial charge >= 0.3 is 0 Å². The summed E-state index contributed by atoms with van der Waals surface area (Å²) in [6, 6.07) is 12.5. The molecule has 0 saturated heterocycles. The van der Waals surface area contributed by atoms with Crippen LogP contribution in [-0.2, 0) is 22.6 Å². The second kappa shape index (κ2) is 10.5. The van der Waals surface area contributed by atoms with Crippen LogP contribution in [0, 0.1) is 6.92 Å². The molecular weight excluding hydrogens is 395 g/mol. The lowest BCUT2D eigenvalue weighted by Crippen LogP contribution is -2.49. The van der Waals surface area contributed by atoms with Crippen molar-refractivity contribution in [3.8, 4) is 0 Å². The number of nitrogens with zero attached hydrogens (tertiary/aromatic N) is 1. The van der Waals surface area contributed by atoms with Crippen molar-refractivity contribution >= 4 is 35.0 Å². The van der Waals surface area contributed by atoms with E-state index in [1.807, 2.05) is 51.1 Å². The lowest BCUT2D eigenvalue weighted by molar-refractivity contribution is -0.140. The van der Waals surface area contributed by atoms with Crippen LogP contribution in [0.2, 0.25) is 10.0 Å². The highest BCUT2D eigenvalue weighted by atomic mass is 35.5. The van der Waals surface area contributed by atoms with Crippen molar-refractivity contribution in [2.75, 3.05) is 6.54 Å². The van der Waals surface area contributed by atoms with Crippen molar-refractivity contribution in [1.29, 1.82) is 0 Å². The minimum absolute atomic E-state index is 0.0986. The number of nitrogens with one attached hydrogen (secondary N) is 1. The van der Waals surface area contributed by atoms with E-state index in [-0.39, 0.29) is 24.8 Å². The molecule has 0 aliphatic carbocycles. The maximum atomic E-state index is 13.2. The van der Waals surface area contributed by atoms with Crippen LogP contribution in [-0.4, -0.2) is 29.3 Å². The van der Waals surface area contributed by atoms with Crippen molar-refractivity contribution in [2.45, 2.75) is 46.2 Å². The molecule has 0 spiro atoms. The third kappa shape index (κ3) is 5.73. The molecule has 0 bridgehead atoms.